The van der Waals surface area contributed by atoms with E-state index < -0.39 is 0 Å². The fourth-order valence-electron chi connectivity index (χ4n) is 2.91. The second-order valence-electron chi connectivity index (χ2n) is 5.50. The first-order valence-corrected chi connectivity index (χ1v) is 7.57. The highest BCUT2D eigenvalue weighted by Crippen LogP contribution is 2.35. The van der Waals surface area contributed by atoms with E-state index in [1.54, 1.807) is 13.3 Å². The second kappa shape index (κ2) is 6.56. The summed E-state index contributed by atoms with van der Waals surface area (Å²) >= 11 is 0. The third-order valence-electron chi connectivity index (χ3n) is 4.08. The zero-order valence-corrected chi connectivity index (χ0v) is 12.7. The fraction of sp³-hybridized carbons (Fsp3) is 0.263. The Morgan fingerprint density at radius 3 is 2.68 bits per heavy atom. The summed E-state index contributed by atoms with van der Waals surface area (Å²) in [6, 6.07) is 13.7. The van der Waals surface area contributed by atoms with Crippen LogP contribution in [0.25, 0.3) is 6.08 Å². The van der Waals surface area contributed by atoms with Gasteiger partial charge in [0.1, 0.15) is 5.75 Å². The van der Waals surface area contributed by atoms with Crippen LogP contribution in [0, 0.1) is 0 Å². The van der Waals surface area contributed by atoms with Crippen molar-refractivity contribution in [2.45, 2.75) is 25.2 Å². The lowest BCUT2D eigenvalue weighted by Crippen LogP contribution is -2.18. The predicted octanol–water partition coefficient (Wildman–Crippen LogP) is 4.01. The number of ether oxygens (including phenoxy) is 1. The highest BCUT2D eigenvalue weighted by molar-refractivity contribution is 6.01. The van der Waals surface area contributed by atoms with E-state index in [0.29, 0.717) is 6.42 Å². The maximum Gasteiger partial charge on any atom is 0.159 e. The van der Waals surface area contributed by atoms with Crippen LogP contribution in [0.4, 0.5) is 0 Å². The molecule has 1 fully saturated rings. The van der Waals surface area contributed by atoms with Gasteiger partial charge in [-0.05, 0) is 48.7 Å². The summed E-state index contributed by atoms with van der Waals surface area (Å²) < 4.78 is 5.17. The summed E-state index contributed by atoms with van der Waals surface area (Å²) in [6.07, 6.45) is 6.33. The molecular weight excluding hydrogens is 274 g/mol. The van der Waals surface area contributed by atoms with Crippen molar-refractivity contribution < 1.29 is 9.53 Å². The monoisotopic (exact) mass is 293 g/mol. The van der Waals surface area contributed by atoms with Gasteiger partial charge in [-0.3, -0.25) is 9.78 Å². The van der Waals surface area contributed by atoms with Crippen LogP contribution < -0.4 is 4.74 Å². The topological polar surface area (TPSA) is 39.2 Å². The van der Waals surface area contributed by atoms with E-state index in [1.165, 1.54) is 0 Å². The van der Waals surface area contributed by atoms with Gasteiger partial charge in [-0.25, -0.2) is 0 Å². The van der Waals surface area contributed by atoms with Gasteiger partial charge in [0.2, 0.25) is 0 Å². The molecule has 3 rings (SSSR count). The molecule has 0 amide bonds. The van der Waals surface area contributed by atoms with Crippen LogP contribution in [0.1, 0.15) is 36.4 Å². The zero-order chi connectivity index (χ0) is 15.4. The number of benzene rings is 1. The smallest absolute Gasteiger partial charge is 0.159 e. The lowest BCUT2D eigenvalue weighted by Gasteiger charge is -2.24. The van der Waals surface area contributed by atoms with E-state index in [0.717, 1.165) is 35.4 Å². The summed E-state index contributed by atoms with van der Waals surface area (Å²) in [6.45, 7) is 0. The van der Waals surface area contributed by atoms with Gasteiger partial charge >= 0.3 is 0 Å². The van der Waals surface area contributed by atoms with Crippen LogP contribution in [0.3, 0.4) is 0 Å². The van der Waals surface area contributed by atoms with Gasteiger partial charge in [-0.2, -0.15) is 0 Å². The molecule has 3 nitrogen and oxygen atoms in total. The Kier molecular flexibility index (Phi) is 4.33. The minimum Gasteiger partial charge on any atom is -0.497 e. The molecule has 0 N–H and O–H groups in total. The summed E-state index contributed by atoms with van der Waals surface area (Å²) in [4.78, 5) is 16.8. The molecule has 1 saturated carbocycles. The second-order valence-corrected chi connectivity index (χ2v) is 5.50. The molecule has 1 atom stereocenters. The number of Topliss-reactive ketones (excluding diaryl/α,β-unsaturated/α-hetero) is 1. The number of nitrogens with zero attached hydrogens (tertiary/aromatic N) is 1. The van der Waals surface area contributed by atoms with E-state index in [1.807, 2.05) is 48.5 Å². The molecule has 1 aliphatic rings. The average molecular weight is 293 g/mol. The van der Waals surface area contributed by atoms with E-state index in [9.17, 15) is 4.79 Å². The largest absolute Gasteiger partial charge is 0.497 e. The predicted molar refractivity (Wildman–Crippen MR) is 86.8 cm³/mol. The molecule has 1 aromatic heterocycles. The van der Waals surface area contributed by atoms with E-state index in [-0.39, 0.29) is 11.7 Å². The lowest BCUT2D eigenvalue weighted by atomic mass is 9.80. The van der Waals surface area contributed by atoms with Gasteiger partial charge in [0, 0.05) is 29.8 Å². The molecule has 0 spiro atoms. The number of hydrogen-bond donors (Lipinski definition) is 0. The van der Waals surface area contributed by atoms with Crippen LogP contribution in [0.2, 0.25) is 0 Å². The van der Waals surface area contributed by atoms with E-state index in [2.05, 4.69) is 4.98 Å². The third-order valence-corrected chi connectivity index (χ3v) is 4.08. The standard InChI is InChI=1S/C19H19NO2/c1-22-15-10-8-14(9-11-15)13-17-16(5-4-7-19(17)21)18-6-2-3-12-20-18/h2-3,6,8-13,16H,4-5,7H2,1H3/b17-13-. The first kappa shape index (κ1) is 14.5. The van der Waals surface area contributed by atoms with Crippen molar-refractivity contribution in [1.29, 1.82) is 0 Å². The number of aromatic nitrogens is 1. The fourth-order valence-corrected chi connectivity index (χ4v) is 2.91. The quantitative estimate of drug-likeness (QED) is 0.803. The number of methoxy groups -OCH3 is 1. The summed E-state index contributed by atoms with van der Waals surface area (Å²) in [5, 5.41) is 0. The third kappa shape index (κ3) is 3.08. The Morgan fingerprint density at radius 1 is 1.18 bits per heavy atom. The maximum atomic E-state index is 12.4. The first-order chi connectivity index (χ1) is 10.8. The first-order valence-electron chi connectivity index (χ1n) is 7.57. The molecule has 22 heavy (non-hydrogen) atoms. The molecule has 1 unspecified atom stereocenters. The van der Waals surface area contributed by atoms with Crippen LogP contribution in [0.15, 0.2) is 54.2 Å². The zero-order valence-electron chi connectivity index (χ0n) is 12.7. The summed E-state index contributed by atoms with van der Waals surface area (Å²) in [5.74, 6) is 1.15. The SMILES string of the molecule is COc1ccc(/C=C2\C(=O)CCCC2c2ccccn2)cc1. The molecule has 1 aromatic carbocycles. The molecule has 1 aliphatic carbocycles. The minimum atomic E-state index is 0.101. The van der Waals surface area contributed by atoms with Crippen LogP contribution in [-0.4, -0.2) is 17.9 Å². The average Bonchev–Trinajstić information content (AvgIpc) is 2.58. The number of hydrogen-bond acceptors (Lipinski definition) is 3. The van der Waals surface area contributed by atoms with E-state index >= 15 is 0 Å². The number of allylic oxidation sites excluding steroid dienone is 1. The van der Waals surface area contributed by atoms with Crippen molar-refractivity contribution in [3.63, 3.8) is 0 Å². The van der Waals surface area contributed by atoms with Crippen molar-refractivity contribution in [3.8, 4) is 5.75 Å². The number of pyridine rings is 1. The molecule has 1 heterocycles. The van der Waals surface area contributed by atoms with Crippen LogP contribution in [-0.2, 0) is 4.79 Å². The number of ketones is 1. The highest BCUT2D eigenvalue weighted by atomic mass is 16.5. The number of rotatable bonds is 3. The minimum absolute atomic E-state index is 0.101. The summed E-state index contributed by atoms with van der Waals surface area (Å²) in [5.41, 5.74) is 2.87. The highest BCUT2D eigenvalue weighted by Gasteiger charge is 2.27. The van der Waals surface area contributed by atoms with Gasteiger partial charge in [0.25, 0.3) is 0 Å². The molecule has 112 valence electrons. The van der Waals surface area contributed by atoms with Crippen LogP contribution in [0.5, 0.6) is 5.75 Å². The molecule has 3 heteroatoms. The molecule has 0 radical (unpaired) electrons. The molecule has 0 aliphatic heterocycles. The van der Waals surface area contributed by atoms with Crippen molar-refractivity contribution in [2.24, 2.45) is 0 Å². The maximum absolute atomic E-state index is 12.4. The Bertz CT molecular complexity index is 674. The Balaban J connectivity index is 1.95. The lowest BCUT2D eigenvalue weighted by molar-refractivity contribution is -0.116. The molecule has 0 bridgehead atoms. The molecule has 2 aromatic rings. The number of carbonyl (C=O) groups is 1. The normalized spacial score (nSPS) is 20.1. The Labute approximate surface area is 130 Å². The number of carbonyl (C=O) groups excluding carboxylic acids is 1. The van der Waals surface area contributed by atoms with Crippen molar-refractivity contribution >= 4 is 11.9 Å². The van der Waals surface area contributed by atoms with Crippen molar-refractivity contribution in [1.82, 2.24) is 4.98 Å². The van der Waals surface area contributed by atoms with Crippen molar-refractivity contribution in [2.75, 3.05) is 7.11 Å². The molecule has 0 saturated heterocycles. The van der Waals surface area contributed by atoms with Gasteiger partial charge < -0.3 is 4.74 Å². The molecular formula is C19H19NO2. The summed E-state index contributed by atoms with van der Waals surface area (Å²) in [7, 11) is 1.65. The van der Waals surface area contributed by atoms with Gasteiger partial charge in [0.05, 0.1) is 7.11 Å². The van der Waals surface area contributed by atoms with Gasteiger partial charge in [-0.15, -0.1) is 0 Å². The van der Waals surface area contributed by atoms with E-state index in [4.69, 9.17) is 4.74 Å². The Hall–Kier alpha value is -2.42. The van der Waals surface area contributed by atoms with Gasteiger partial charge in [0.15, 0.2) is 5.78 Å². The Morgan fingerprint density at radius 2 is 2.00 bits per heavy atom. The van der Waals surface area contributed by atoms with Crippen LogP contribution >= 0.6 is 0 Å². The van der Waals surface area contributed by atoms with Gasteiger partial charge in [-0.1, -0.05) is 18.2 Å². The van der Waals surface area contributed by atoms with Crippen molar-refractivity contribution in [3.05, 3.63) is 65.5 Å².